The number of rotatable bonds is 3. The molecule has 1 atom stereocenters. The minimum Gasteiger partial charge on any atom is -0.290 e. The molecule has 0 bridgehead atoms. The maximum Gasteiger partial charge on any atom is 0.167 e. The van der Waals surface area contributed by atoms with Gasteiger partial charge in [-0.2, -0.15) is 0 Å². The maximum absolute atomic E-state index is 11.5. The van der Waals surface area contributed by atoms with Crippen molar-refractivity contribution < 1.29 is 8.42 Å². The van der Waals surface area contributed by atoms with Crippen LogP contribution in [0.4, 0.5) is 0 Å². The third kappa shape index (κ3) is 2.56. The Hall–Kier alpha value is -0.870. The van der Waals surface area contributed by atoms with Gasteiger partial charge in [-0.05, 0) is 19.7 Å². The standard InChI is InChI=1S/C10H15NO2S/c1-11(2)10(14(3,12)13)9-7-5-4-6-8-9/h4-8,10H,1-3H3. The molecular weight excluding hydrogens is 198 g/mol. The van der Waals surface area contributed by atoms with Crippen molar-refractivity contribution in [3.8, 4) is 0 Å². The zero-order chi connectivity index (χ0) is 10.8. The number of hydrogen-bond donors (Lipinski definition) is 0. The van der Waals surface area contributed by atoms with Crippen molar-refractivity contribution in [2.75, 3.05) is 20.4 Å². The zero-order valence-electron chi connectivity index (χ0n) is 8.64. The van der Waals surface area contributed by atoms with E-state index in [9.17, 15) is 8.42 Å². The highest BCUT2D eigenvalue weighted by molar-refractivity contribution is 7.90. The van der Waals surface area contributed by atoms with Crippen LogP contribution < -0.4 is 0 Å². The Kier molecular flexibility index (Phi) is 3.29. The Labute approximate surface area is 85.3 Å². The van der Waals surface area contributed by atoms with Gasteiger partial charge in [0.05, 0.1) is 0 Å². The van der Waals surface area contributed by atoms with Crippen LogP contribution in [0.3, 0.4) is 0 Å². The minimum absolute atomic E-state index is 0.552. The Morgan fingerprint density at radius 1 is 1.14 bits per heavy atom. The Bertz CT molecular complexity index is 384. The smallest absolute Gasteiger partial charge is 0.167 e. The van der Waals surface area contributed by atoms with E-state index in [-0.39, 0.29) is 0 Å². The molecule has 0 saturated carbocycles. The lowest BCUT2D eigenvalue weighted by molar-refractivity contribution is 0.372. The lowest BCUT2D eigenvalue weighted by Crippen LogP contribution is -2.26. The van der Waals surface area contributed by atoms with Crippen LogP contribution in [0.15, 0.2) is 30.3 Å². The molecule has 0 spiro atoms. The molecule has 14 heavy (non-hydrogen) atoms. The lowest BCUT2D eigenvalue weighted by atomic mass is 10.2. The molecule has 0 N–H and O–H groups in total. The summed E-state index contributed by atoms with van der Waals surface area (Å²) in [5.74, 6) is 0. The molecule has 1 rings (SSSR count). The van der Waals surface area contributed by atoms with Gasteiger partial charge >= 0.3 is 0 Å². The number of sulfone groups is 1. The van der Waals surface area contributed by atoms with Gasteiger partial charge in [-0.15, -0.1) is 0 Å². The van der Waals surface area contributed by atoms with Crippen LogP contribution in [-0.4, -0.2) is 33.7 Å². The van der Waals surface area contributed by atoms with Crippen molar-refractivity contribution in [1.29, 1.82) is 0 Å². The van der Waals surface area contributed by atoms with E-state index >= 15 is 0 Å². The number of hydrogen-bond acceptors (Lipinski definition) is 3. The summed E-state index contributed by atoms with van der Waals surface area (Å²) in [5.41, 5.74) is 0.806. The second-order valence-electron chi connectivity index (χ2n) is 3.56. The molecule has 0 aliphatic rings. The molecule has 0 fully saturated rings. The molecule has 0 radical (unpaired) electrons. The topological polar surface area (TPSA) is 37.4 Å². The van der Waals surface area contributed by atoms with E-state index in [1.807, 2.05) is 30.3 Å². The Morgan fingerprint density at radius 3 is 2.00 bits per heavy atom. The fourth-order valence-electron chi connectivity index (χ4n) is 1.55. The van der Waals surface area contributed by atoms with Gasteiger partial charge in [0.15, 0.2) is 9.84 Å². The molecule has 1 unspecified atom stereocenters. The maximum atomic E-state index is 11.5. The van der Waals surface area contributed by atoms with Gasteiger partial charge in [0.1, 0.15) is 5.37 Å². The van der Waals surface area contributed by atoms with Gasteiger partial charge in [0.2, 0.25) is 0 Å². The van der Waals surface area contributed by atoms with Gasteiger partial charge in [-0.25, -0.2) is 8.42 Å². The van der Waals surface area contributed by atoms with Crippen LogP contribution in [-0.2, 0) is 9.84 Å². The summed E-state index contributed by atoms with van der Waals surface area (Å²) in [6.45, 7) is 0. The summed E-state index contributed by atoms with van der Waals surface area (Å²) in [7, 11) is 0.434. The first-order valence-electron chi connectivity index (χ1n) is 4.33. The highest BCUT2D eigenvalue weighted by Crippen LogP contribution is 2.22. The third-order valence-electron chi connectivity index (χ3n) is 1.96. The van der Waals surface area contributed by atoms with Gasteiger partial charge in [0.25, 0.3) is 0 Å². The predicted octanol–water partition coefficient (Wildman–Crippen LogP) is 1.29. The normalized spacial score (nSPS) is 14.3. The summed E-state index contributed by atoms with van der Waals surface area (Å²) >= 11 is 0. The summed E-state index contributed by atoms with van der Waals surface area (Å²) < 4.78 is 23.1. The molecule has 1 aromatic rings. The van der Waals surface area contributed by atoms with Crippen molar-refractivity contribution >= 4 is 9.84 Å². The second kappa shape index (κ2) is 4.11. The molecule has 0 amide bonds. The molecule has 0 aromatic heterocycles. The first kappa shape index (κ1) is 11.2. The quantitative estimate of drug-likeness (QED) is 0.759. The highest BCUT2D eigenvalue weighted by Gasteiger charge is 2.24. The van der Waals surface area contributed by atoms with Crippen LogP contribution in [0, 0.1) is 0 Å². The van der Waals surface area contributed by atoms with Gasteiger partial charge in [0, 0.05) is 6.26 Å². The van der Waals surface area contributed by atoms with Crippen LogP contribution in [0.5, 0.6) is 0 Å². The molecule has 0 aliphatic carbocycles. The van der Waals surface area contributed by atoms with Crippen LogP contribution >= 0.6 is 0 Å². The zero-order valence-corrected chi connectivity index (χ0v) is 9.45. The molecule has 0 saturated heterocycles. The molecule has 0 heterocycles. The SMILES string of the molecule is CN(C)C(c1ccccc1)S(C)(=O)=O. The Morgan fingerprint density at radius 2 is 1.64 bits per heavy atom. The first-order valence-corrected chi connectivity index (χ1v) is 6.28. The second-order valence-corrected chi connectivity index (χ2v) is 5.66. The average molecular weight is 213 g/mol. The number of benzene rings is 1. The minimum atomic E-state index is -3.09. The van der Waals surface area contributed by atoms with Crippen molar-refractivity contribution in [3.05, 3.63) is 35.9 Å². The Balaban J connectivity index is 3.15. The van der Waals surface area contributed by atoms with E-state index in [4.69, 9.17) is 0 Å². The van der Waals surface area contributed by atoms with E-state index in [1.165, 1.54) is 6.26 Å². The van der Waals surface area contributed by atoms with Gasteiger partial charge in [-0.3, -0.25) is 4.90 Å². The summed E-state index contributed by atoms with van der Waals surface area (Å²) in [6.07, 6.45) is 1.25. The lowest BCUT2D eigenvalue weighted by Gasteiger charge is -2.22. The third-order valence-corrected chi connectivity index (χ3v) is 3.46. The number of nitrogens with zero attached hydrogens (tertiary/aromatic N) is 1. The molecule has 78 valence electrons. The predicted molar refractivity (Wildman–Crippen MR) is 57.7 cm³/mol. The fraction of sp³-hybridized carbons (Fsp3) is 0.400. The molecule has 4 heteroatoms. The van der Waals surface area contributed by atoms with E-state index in [2.05, 4.69) is 0 Å². The van der Waals surface area contributed by atoms with Crippen molar-refractivity contribution in [2.45, 2.75) is 5.37 Å². The van der Waals surface area contributed by atoms with Crippen LogP contribution in [0.25, 0.3) is 0 Å². The van der Waals surface area contributed by atoms with Crippen molar-refractivity contribution in [3.63, 3.8) is 0 Å². The van der Waals surface area contributed by atoms with E-state index in [1.54, 1.807) is 19.0 Å². The monoisotopic (exact) mass is 213 g/mol. The molecule has 0 aliphatic heterocycles. The van der Waals surface area contributed by atoms with E-state index in [0.29, 0.717) is 0 Å². The van der Waals surface area contributed by atoms with Gasteiger partial charge in [-0.1, -0.05) is 30.3 Å². The van der Waals surface area contributed by atoms with E-state index in [0.717, 1.165) is 5.56 Å². The molecule has 3 nitrogen and oxygen atoms in total. The summed E-state index contributed by atoms with van der Waals surface area (Å²) in [4.78, 5) is 1.70. The molecule has 1 aromatic carbocycles. The fourth-order valence-corrected chi connectivity index (χ4v) is 2.96. The molecular formula is C10H15NO2S. The van der Waals surface area contributed by atoms with Crippen LogP contribution in [0.2, 0.25) is 0 Å². The average Bonchev–Trinajstić information content (AvgIpc) is 2.02. The highest BCUT2D eigenvalue weighted by atomic mass is 32.2. The van der Waals surface area contributed by atoms with E-state index < -0.39 is 15.2 Å². The van der Waals surface area contributed by atoms with Gasteiger partial charge < -0.3 is 0 Å². The van der Waals surface area contributed by atoms with Crippen LogP contribution in [0.1, 0.15) is 10.9 Å². The first-order chi connectivity index (χ1) is 6.43. The summed E-state index contributed by atoms with van der Waals surface area (Å²) in [5, 5.41) is -0.552. The van der Waals surface area contributed by atoms with Crippen molar-refractivity contribution in [2.24, 2.45) is 0 Å². The largest absolute Gasteiger partial charge is 0.290 e. The summed E-state index contributed by atoms with van der Waals surface area (Å²) in [6, 6.07) is 9.21. The van der Waals surface area contributed by atoms with Crippen molar-refractivity contribution in [1.82, 2.24) is 4.90 Å².